The number of Topliss-reactive ketones (excluding diaryl/α,β-unsaturated/α-hetero) is 1. The van der Waals surface area contributed by atoms with Crippen molar-refractivity contribution < 1.29 is 4.79 Å². The first-order chi connectivity index (χ1) is 5.75. The summed E-state index contributed by atoms with van der Waals surface area (Å²) in [6.45, 7) is 2.30. The SMILES string of the molecule is C[C@@H]1C2C[C@H]3C[C@@H](C2)C(=O)[C@H]1C3. The highest BCUT2D eigenvalue weighted by Gasteiger charge is 2.51. The lowest BCUT2D eigenvalue weighted by atomic mass is 9.52. The minimum atomic E-state index is 0.473. The first-order valence-electron chi connectivity index (χ1n) is 5.29. The van der Waals surface area contributed by atoms with Gasteiger partial charge in [0.2, 0.25) is 0 Å². The van der Waals surface area contributed by atoms with Crippen molar-refractivity contribution in [1.82, 2.24) is 0 Å². The number of hydrogen-bond acceptors (Lipinski definition) is 1. The molecule has 0 aromatic carbocycles. The Morgan fingerprint density at radius 3 is 2.83 bits per heavy atom. The van der Waals surface area contributed by atoms with Crippen LogP contribution in [0.5, 0.6) is 0 Å². The van der Waals surface area contributed by atoms with Crippen molar-refractivity contribution in [3.8, 4) is 0 Å². The zero-order valence-corrected chi connectivity index (χ0v) is 7.62. The Labute approximate surface area is 73.5 Å². The van der Waals surface area contributed by atoms with Gasteiger partial charge in [0.05, 0.1) is 0 Å². The van der Waals surface area contributed by atoms with Gasteiger partial charge in [-0.25, -0.2) is 0 Å². The first-order valence-corrected chi connectivity index (χ1v) is 5.29. The maximum absolute atomic E-state index is 11.8. The predicted octanol–water partition coefficient (Wildman–Crippen LogP) is 2.26. The quantitative estimate of drug-likeness (QED) is 0.536. The summed E-state index contributed by atoms with van der Waals surface area (Å²) >= 11 is 0. The summed E-state index contributed by atoms with van der Waals surface area (Å²) in [7, 11) is 0. The molecule has 0 spiro atoms. The molecule has 0 aliphatic heterocycles. The molecule has 0 N–H and O–H groups in total. The Bertz CT molecular complexity index is 233. The smallest absolute Gasteiger partial charge is 0.139 e. The van der Waals surface area contributed by atoms with E-state index in [1.807, 2.05) is 0 Å². The first kappa shape index (κ1) is 7.11. The van der Waals surface area contributed by atoms with E-state index >= 15 is 0 Å². The van der Waals surface area contributed by atoms with Gasteiger partial charge in [0.15, 0.2) is 0 Å². The zero-order valence-electron chi connectivity index (χ0n) is 7.62. The van der Waals surface area contributed by atoms with E-state index in [4.69, 9.17) is 0 Å². The predicted molar refractivity (Wildman–Crippen MR) is 46.6 cm³/mol. The summed E-state index contributed by atoms with van der Waals surface area (Å²) in [6.07, 6.45) is 5.13. The third-order valence-electron chi connectivity index (χ3n) is 4.57. The summed E-state index contributed by atoms with van der Waals surface area (Å²) < 4.78 is 0. The van der Waals surface area contributed by atoms with Crippen LogP contribution in [0, 0.1) is 29.6 Å². The van der Waals surface area contributed by atoms with Gasteiger partial charge in [0.25, 0.3) is 0 Å². The van der Waals surface area contributed by atoms with Crippen LogP contribution in [0.15, 0.2) is 0 Å². The minimum Gasteiger partial charge on any atom is -0.299 e. The van der Waals surface area contributed by atoms with Gasteiger partial charge in [-0.1, -0.05) is 6.92 Å². The average molecular weight is 164 g/mol. The van der Waals surface area contributed by atoms with Gasteiger partial charge < -0.3 is 0 Å². The second-order valence-corrected chi connectivity index (χ2v) is 5.13. The molecule has 1 heteroatoms. The second-order valence-electron chi connectivity index (χ2n) is 5.13. The molecule has 0 saturated heterocycles. The fourth-order valence-corrected chi connectivity index (χ4v) is 3.92. The average Bonchev–Trinajstić information content (AvgIpc) is 2.07. The van der Waals surface area contributed by atoms with Gasteiger partial charge in [-0.05, 0) is 43.4 Å². The van der Waals surface area contributed by atoms with Gasteiger partial charge in [-0.3, -0.25) is 4.79 Å². The van der Waals surface area contributed by atoms with Crippen molar-refractivity contribution in [2.45, 2.75) is 32.6 Å². The molecular formula is C11H16O. The number of ketones is 1. The molecular weight excluding hydrogens is 148 g/mol. The summed E-state index contributed by atoms with van der Waals surface area (Å²) in [5, 5.41) is 0. The molecule has 1 nitrogen and oxygen atoms in total. The van der Waals surface area contributed by atoms with Crippen LogP contribution in [-0.2, 0) is 4.79 Å². The summed E-state index contributed by atoms with van der Waals surface area (Å²) in [4.78, 5) is 11.8. The number of carbonyl (C=O) groups excluding carboxylic acids is 1. The largest absolute Gasteiger partial charge is 0.299 e. The molecule has 1 unspecified atom stereocenters. The molecule has 0 aromatic heterocycles. The van der Waals surface area contributed by atoms with E-state index in [2.05, 4.69) is 6.92 Å². The molecule has 4 bridgehead atoms. The van der Waals surface area contributed by atoms with E-state index in [0.29, 0.717) is 23.5 Å². The molecule has 4 saturated carbocycles. The van der Waals surface area contributed by atoms with Crippen LogP contribution >= 0.6 is 0 Å². The normalized spacial score (nSPS) is 56.4. The van der Waals surface area contributed by atoms with Crippen LogP contribution in [0.4, 0.5) is 0 Å². The molecule has 4 aliphatic carbocycles. The third-order valence-corrected chi connectivity index (χ3v) is 4.57. The van der Waals surface area contributed by atoms with E-state index < -0.39 is 0 Å². The molecule has 0 heterocycles. The minimum absolute atomic E-state index is 0.473. The topological polar surface area (TPSA) is 17.1 Å². The third kappa shape index (κ3) is 0.725. The zero-order chi connectivity index (χ0) is 8.29. The maximum Gasteiger partial charge on any atom is 0.139 e. The Hall–Kier alpha value is -0.330. The molecule has 4 rings (SSSR count). The number of rotatable bonds is 0. The maximum atomic E-state index is 11.8. The molecule has 12 heavy (non-hydrogen) atoms. The number of hydrogen-bond donors (Lipinski definition) is 0. The van der Waals surface area contributed by atoms with Crippen LogP contribution in [0.3, 0.4) is 0 Å². The molecule has 5 atom stereocenters. The van der Waals surface area contributed by atoms with E-state index in [1.165, 1.54) is 25.7 Å². The Kier molecular flexibility index (Phi) is 1.26. The van der Waals surface area contributed by atoms with Crippen molar-refractivity contribution in [3.05, 3.63) is 0 Å². The highest BCUT2D eigenvalue weighted by atomic mass is 16.1. The Balaban J connectivity index is 1.98. The van der Waals surface area contributed by atoms with Crippen LogP contribution in [-0.4, -0.2) is 5.78 Å². The lowest BCUT2D eigenvalue weighted by Crippen LogP contribution is -2.50. The molecule has 0 amide bonds. The van der Waals surface area contributed by atoms with Crippen molar-refractivity contribution in [2.75, 3.05) is 0 Å². The van der Waals surface area contributed by atoms with Crippen LogP contribution in [0.2, 0.25) is 0 Å². The van der Waals surface area contributed by atoms with Gasteiger partial charge in [0.1, 0.15) is 5.78 Å². The van der Waals surface area contributed by atoms with Crippen molar-refractivity contribution in [1.29, 1.82) is 0 Å². The van der Waals surface area contributed by atoms with E-state index in [0.717, 1.165) is 11.8 Å². The molecule has 66 valence electrons. The lowest BCUT2D eigenvalue weighted by Gasteiger charge is -2.52. The lowest BCUT2D eigenvalue weighted by molar-refractivity contribution is -0.145. The van der Waals surface area contributed by atoms with Gasteiger partial charge in [-0.2, -0.15) is 0 Å². The van der Waals surface area contributed by atoms with Gasteiger partial charge in [-0.15, -0.1) is 0 Å². The fraction of sp³-hybridized carbons (Fsp3) is 0.909. The van der Waals surface area contributed by atoms with E-state index in [-0.39, 0.29) is 0 Å². The van der Waals surface area contributed by atoms with Crippen LogP contribution < -0.4 is 0 Å². The fourth-order valence-electron chi connectivity index (χ4n) is 3.92. The van der Waals surface area contributed by atoms with Gasteiger partial charge >= 0.3 is 0 Å². The van der Waals surface area contributed by atoms with Crippen LogP contribution in [0.1, 0.15) is 32.6 Å². The monoisotopic (exact) mass is 164 g/mol. The van der Waals surface area contributed by atoms with Crippen molar-refractivity contribution >= 4 is 5.78 Å². The second kappa shape index (κ2) is 2.12. The van der Waals surface area contributed by atoms with Crippen molar-refractivity contribution in [2.24, 2.45) is 29.6 Å². The Morgan fingerprint density at radius 1 is 1.17 bits per heavy atom. The molecule has 0 radical (unpaired) electrons. The molecule has 4 fully saturated rings. The number of carbonyl (C=O) groups is 1. The Morgan fingerprint density at radius 2 is 2.00 bits per heavy atom. The summed E-state index contributed by atoms with van der Waals surface area (Å²) in [6, 6.07) is 0. The molecule has 0 aromatic rings. The van der Waals surface area contributed by atoms with Gasteiger partial charge in [0, 0.05) is 11.8 Å². The van der Waals surface area contributed by atoms with E-state index in [1.54, 1.807) is 0 Å². The summed E-state index contributed by atoms with van der Waals surface area (Å²) in [5.74, 6) is 4.13. The van der Waals surface area contributed by atoms with E-state index in [9.17, 15) is 4.79 Å². The summed E-state index contributed by atoms with van der Waals surface area (Å²) in [5.41, 5.74) is 0. The highest BCUT2D eigenvalue weighted by molar-refractivity contribution is 5.85. The van der Waals surface area contributed by atoms with Crippen LogP contribution in [0.25, 0.3) is 0 Å². The molecule has 4 aliphatic rings. The van der Waals surface area contributed by atoms with Crippen molar-refractivity contribution in [3.63, 3.8) is 0 Å². The standard InChI is InChI=1S/C11H16O/c1-6-8-2-7-3-9(5-8)11(12)10(6)4-7/h6-10H,2-5H2,1H3/t6-,7+,8?,9+,10+/m1/s1. The highest BCUT2D eigenvalue weighted by Crippen LogP contribution is 2.54.